The van der Waals surface area contributed by atoms with E-state index in [0.717, 1.165) is 5.56 Å². The third-order valence-electron chi connectivity index (χ3n) is 5.29. The van der Waals surface area contributed by atoms with Crippen molar-refractivity contribution < 1.29 is 23.8 Å². The Hall–Kier alpha value is -3.13. The summed E-state index contributed by atoms with van der Waals surface area (Å²) < 4.78 is 17.9. The summed E-state index contributed by atoms with van der Waals surface area (Å²) in [6.07, 6.45) is 1.62. The van der Waals surface area contributed by atoms with Gasteiger partial charge in [-0.2, -0.15) is 0 Å². The molecule has 1 amide bonds. The molecule has 0 spiro atoms. The summed E-state index contributed by atoms with van der Waals surface area (Å²) in [5.41, 5.74) is 0.137. The summed E-state index contributed by atoms with van der Waals surface area (Å²) in [5.74, 6) is -1.26. The van der Waals surface area contributed by atoms with Crippen molar-refractivity contribution in [3.63, 3.8) is 0 Å². The number of aromatic nitrogens is 1. The van der Waals surface area contributed by atoms with Gasteiger partial charge in [-0.15, -0.1) is 0 Å². The molecule has 0 radical (unpaired) electrons. The highest BCUT2D eigenvalue weighted by molar-refractivity contribution is 5.98. The molecule has 0 aliphatic carbocycles. The maximum atomic E-state index is 13.3. The van der Waals surface area contributed by atoms with Gasteiger partial charge in [-0.05, 0) is 18.9 Å². The Bertz CT molecular complexity index is 1000. The molecule has 4 rings (SSSR count). The van der Waals surface area contributed by atoms with Crippen molar-refractivity contribution in [2.24, 2.45) is 0 Å². The third-order valence-corrected chi connectivity index (χ3v) is 5.29. The lowest BCUT2D eigenvalue weighted by Gasteiger charge is -2.44. The number of carbonyl (C=O) groups is 2. The molecule has 2 atom stereocenters. The molecule has 1 unspecified atom stereocenters. The highest BCUT2D eigenvalue weighted by Crippen LogP contribution is 2.30. The number of nitrogens with zero attached hydrogens (tertiary/aromatic N) is 2. The number of fused-ring (bicyclic) bond motifs is 2. The summed E-state index contributed by atoms with van der Waals surface area (Å²) >= 11 is 0. The van der Waals surface area contributed by atoms with Crippen LogP contribution in [0.25, 0.3) is 0 Å². The molecule has 0 N–H and O–H groups in total. The molecule has 8 nitrogen and oxygen atoms in total. The first kappa shape index (κ1) is 19.2. The van der Waals surface area contributed by atoms with Gasteiger partial charge in [0.05, 0.1) is 20.3 Å². The molecule has 1 aromatic heterocycles. The van der Waals surface area contributed by atoms with E-state index in [1.807, 2.05) is 37.3 Å². The van der Waals surface area contributed by atoms with Crippen molar-refractivity contribution in [3.8, 4) is 5.75 Å². The zero-order chi connectivity index (χ0) is 20.5. The van der Waals surface area contributed by atoms with E-state index in [0.29, 0.717) is 19.6 Å². The first-order valence-corrected chi connectivity index (χ1v) is 9.48. The SMILES string of the molecule is COC(=O)c1cn2c(c(OCc3ccccc3)c1=O)C(=O)N1C(C)CCO[C@H]1C2. The minimum absolute atomic E-state index is 0.0210. The van der Waals surface area contributed by atoms with Gasteiger partial charge in [-0.25, -0.2) is 4.79 Å². The topological polar surface area (TPSA) is 87.1 Å². The summed E-state index contributed by atoms with van der Waals surface area (Å²) in [6, 6.07) is 9.27. The predicted molar refractivity (Wildman–Crippen MR) is 103 cm³/mol. The number of pyridine rings is 1. The van der Waals surface area contributed by atoms with Crippen molar-refractivity contribution in [2.75, 3.05) is 13.7 Å². The number of hydrogen-bond acceptors (Lipinski definition) is 6. The molecule has 3 heterocycles. The van der Waals surface area contributed by atoms with Crippen molar-refractivity contribution in [1.82, 2.24) is 9.47 Å². The van der Waals surface area contributed by atoms with Crippen molar-refractivity contribution in [2.45, 2.75) is 38.8 Å². The van der Waals surface area contributed by atoms with E-state index in [4.69, 9.17) is 14.2 Å². The van der Waals surface area contributed by atoms with Gasteiger partial charge in [0.1, 0.15) is 12.2 Å². The van der Waals surface area contributed by atoms with Gasteiger partial charge in [-0.3, -0.25) is 9.59 Å². The van der Waals surface area contributed by atoms with Gasteiger partial charge >= 0.3 is 5.97 Å². The molecule has 8 heteroatoms. The fraction of sp³-hybridized carbons (Fsp3) is 0.381. The fourth-order valence-electron chi connectivity index (χ4n) is 3.76. The Morgan fingerprint density at radius 3 is 2.72 bits per heavy atom. The average molecular weight is 398 g/mol. The van der Waals surface area contributed by atoms with Crippen molar-refractivity contribution in [3.05, 3.63) is 63.6 Å². The van der Waals surface area contributed by atoms with Crippen LogP contribution in [0.1, 0.15) is 39.8 Å². The van der Waals surface area contributed by atoms with Crippen LogP contribution in [0.5, 0.6) is 5.75 Å². The molecular weight excluding hydrogens is 376 g/mol. The van der Waals surface area contributed by atoms with E-state index in [1.54, 1.807) is 9.47 Å². The number of amides is 1. The summed E-state index contributed by atoms with van der Waals surface area (Å²) in [4.78, 5) is 40.1. The highest BCUT2D eigenvalue weighted by Gasteiger charge is 2.41. The number of hydrogen-bond donors (Lipinski definition) is 0. The normalized spacial score (nSPS) is 20.6. The Balaban J connectivity index is 1.81. The fourth-order valence-corrected chi connectivity index (χ4v) is 3.76. The lowest BCUT2D eigenvalue weighted by molar-refractivity contribution is -0.112. The van der Waals surface area contributed by atoms with Gasteiger partial charge in [0.2, 0.25) is 5.43 Å². The molecule has 1 saturated heterocycles. The van der Waals surface area contributed by atoms with Gasteiger partial charge in [0.15, 0.2) is 17.7 Å². The highest BCUT2D eigenvalue weighted by atomic mass is 16.5. The first-order valence-electron chi connectivity index (χ1n) is 9.48. The lowest BCUT2D eigenvalue weighted by atomic mass is 10.1. The number of methoxy groups -OCH3 is 1. The standard InChI is InChI=1S/C21H22N2O6/c1-13-8-9-28-16-11-22-10-15(21(26)27-2)18(24)19(17(22)20(25)23(13)16)29-12-14-6-4-3-5-7-14/h3-7,10,13,16H,8-9,11-12H2,1-2H3/t13?,16-/m0/s1. The van der Waals surface area contributed by atoms with Crippen LogP contribution in [0.15, 0.2) is 41.3 Å². The third kappa shape index (κ3) is 3.40. The Labute approximate surface area is 167 Å². The van der Waals surface area contributed by atoms with Crippen LogP contribution in [0.3, 0.4) is 0 Å². The van der Waals surface area contributed by atoms with Crippen LogP contribution in [0.2, 0.25) is 0 Å². The maximum Gasteiger partial charge on any atom is 0.343 e. The zero-order valence-electron chi connectivity index (χ0n) is 16.3. The van der Waals surface area contributed by atoms with Crippen molar-refractivity contribution in [1.29, 1.82) is 0 Å². The van der Waals surface area contributed by atoms with Crippen LogP contribution < -0.4 is 10.2 Å². The minimum Gasteiger partial charge on any atom is -0.483 e. The molecule has 0 saturated carbocycles. The monoisotopic (exact) mass is 398 g/mol. The van der Waals surface area contributed by atoms with Crippen LogP contribution >= 0.6 is 0 Å². The summed E-state index contributed by atoms with van der Waals surface area (Å²) in [5, 5.41) is 0. The van der Waals surface area contributed by atoms with E-state index in [2.05, 4.69) is 0 Å². The van der Waals surface area contributed by atoms with Crippen LogP contribution in [0, 0.1) is 0 Å². The molecule has 152 valence electrons. The Morgan fingerprint density at radius 2 is 2.00 bits per heavy atom. The zero-order valence-corrected chi connectivity index (χ0v) is 16.3. The number of carbonyl (C=O) groups excluding carboxylic acids is 2. The van der Waals surface area contributed by atoms with E-state index >= 15 is 0 Å². The van der Waals surface area contributed by atoms with Gasteiger partial charge < -0.3 is 23.7 Å². The smallest absolute Gasteiger partial charge is 0.343 e. The molecule has 2 aliphatic rings. The summed E-state index contributed by atoms with van der Waals surface area (Å²) in [7, 11) is 1.20. The van der Waals surface area contributed by atoms with Crippen LogP contribution in [-0.2, 0) is 22.6 Å². The number of ether oxygens (including phenoxy) is 3. The second-order valence-electron chi connectivity index (χ2n) is 7.14. The van der Waals surface area contributed by atoms with Crippen LogP contribution in [-0.4, -0.2) is 47.3 Å². The molecule has 2 aromatic rings. The molecule has 1 fully saturated rings. The van der Waals surface area contributed by atoms with E-state index in [-0.39, 0.29) is 35.6 Å². The minimum atomic E-state index is -0.775. The number of rotatable bonds is 4. The quantitative estimate of drug-likeness (QED) is 0.730. The summed E-state index contributed by atoms with van der Waals surface area (Å²) in [6.45, 7) is 2.90. The molecule has 2 aliphatic heterocycles. The van der Waals surface area contributed by atoms with Crippen molar-refractivity contribution >= 4 is 11.9 Å². The number of esters is 1. The Kier molecular flexibility index (Phi) is 5.10. The molecule has 1 aromatic carbocycles. The average Bonchev–Trinajstić information content (AvgIpc) is 2.73. The van der Waals surface area contributed by atoms with Gasteiger partial charge in [0.25, 0.3) is 5.91 Å². The van der Waals surface area contributed by atoms with Gasteiger partial charge in [0, 0.05) is 12.2 Å². The van der Waals surface area contributed by atoms with Gasteiger partial charge in [-0.1, -0.05) is 30.3 Å². The first-order chi connectivity index (χ1) is 14.0. The second kappa shape index (κ2) is 7.71. The van der Waals surface area contributed by atoms with Crippen LogP contribution in [0.4, 0.5) is 0 Å². The Morgan fingerprint density at radius 1 is 1.24 bits per heavy atom. The molecular formula is C21H22N2O6. The molecule has 29 heavy (non-hydrogen) atoms. The molecule has 0 bridgehead atoms. The second-order valence-corrected chi connectivity index (χ2v) is 7.14. The van der Waals surface area contributed by atoms with E-state index in [9.17, 15) is 14.4 Å². The lowest BCUT2D eigenvalue weighted by Crippen LogP contribution is -2.57. The van der Waals surface area contributed by atoms with E-state index < -0.39 is 17.6 Å². The maximum absolute atomic E-state index is 13.3. The van der Waals surface area contributed by atoms with E-state index in [1.165, 1.54) is 13.3 Å². The predicted octanol–water partition coefficient (Wildman–Crippen LogP) is 1.80. The number of benzene rings is 1. The largest absolute Gasteiger partial charge is 0.483 e.